The summed E-state index contributed by atoms with van der Waals surface area (Å²) in [6, 6.07) is 2.05. The van der Waals surface area contributed by atoms with Gasteiger partial charge in [-0.2, -0.15) is 5.26 Å². The second-order valence-electron chi connectivity index (χ2n) is 5.36. The van der Waals surface area contributed by atoms with Gasteiger partial charge in [-0.15, -0.1) is 0 Å². The molecule has 0 aromatic heterocycles. The molecule has 1 aliphatic rings. The van der Waals surface area contributed by atoms with Crippen molar-refractivity contribution in [2.75, 3.05) is 33.5 Å². The van der Waals surface area contributed by atoms with Gasteiger partial charge in [0.25, 0.3) is 0 Å². The molecule has 1 aliphatic carbocycles. The second kappa shape index (κ2) is 9.59. The van der Waals surface area contributed by atoms with Gasteiger partial charge in [-0.05, 0) is 44.3 Å². The Kier molecular flexibility index (Phi) is 8.13. The lowest BCUT2D eigenvalue weighted by molar-refractivity contribution is -0.164. The predicted molar refractivity (Wildman–Crippen MR) is 82.7 cm³/mol. The summed E-state index contributed by atoms with van der Waals surface area (Å²) in [5.41, 5.74) is 2.05. The van der Waals surface area contributed by atoms with Gasteiger partial charge in [0.2, 0.25) is 0 Å². The summed E-state index contributed by atoms with van der Waals surface area (Å²) < 4.78 is 10.2. The van der Waals surface area contributed by atoms with Crippen LogP contribution in [0, 0.1) is 11.3 Å². The molecule has 22 heavy (non-hydrogen) atoms. The van der Waals surface area contributed by atoms with Crippen LogP contribution in [0.15, 0.2) is 22.9 Å². The van der Waals surface area contributed by atoms with E-state index in [-0.39, 0.29) is 18.8 Å². The molecule has 3 N–H and O–H groups in total. The Morgan fingerprint density at radius 3 is 2.86 bits per heavy atom. The Hall–Kier alpha value is -1.39. The molecule has 6 heteroatoms. The van der Waals surface area contributed by atoms with Crippen LogP contribution >= 0.6 is 0 Å². The Morgan fingerprint density at radius 1 is 1.45 bits per heavy atom. The van der Waals surface area contributed by atoms with Gasteiger partial charge in [0.15, 0.2) is 5.79 Å². The molecule has 0 aromatic rings. The number of aliphatic hydroxyl groups excluding tert-OH is 1. The molecule has 0 fully saturated rings. The lowest BCUT2D eigenvalue weighted by atomic mass is 9.92. The third kappa shape index (κ3) is 5.78. The first kappa shape index (κ1) is 18.7. The highest BCUT2D eigenvalue weighted by atomic mass is 16.6. The van der Waals surface area contributed by atoms with Crippen LogP contribution in [0.4, 0.5) is 0 Å². The van der Waals surface area contributed by atoms with Crippen molar-refractivity contribution in [1.82, 2.24) is 5.32 Å². The molecule has 0 aromatic carbocycles. The standard InChI is InChI=1S/C16H26N2O4/c1-16(20,22-10-8-19)15(12-17)13-5-3-6-14(11-13)18-7-4-9-21-2/h11,18-20H,3-10H2,1-2H3/b15-13-. The molecule has 6 nitrogen and oxygen atoms in total. The van der Waals surface area contributed by atoms with Gasteiger partial charge in [0.05, 0.1) is 18.8 Å². The van der Waals surface area contributed by atoms with Crippen molar-refractivity contribution in [2.45, 2.75) is 38.4 Å². The summed E-state index contributed by atoms with van der Waals surface area (Å²) in [5, 5.41) is 31.8. The molecule has 124 valence electrons. The van der Waals surface area contributed by atoms with E-state index in [0.717, 1.165) is 43.5 Å². The Balaban J connectivity index is 2.83. The van der Waals surface area contributed by atoms with E-state index in [4.69, 9.17) is 14.6 Å². The molecule has 0 aliphatic heterocycles. The first-order valence-corrected chi connectivity index (χ1v) is 7.59. The largest absolute Gasteiger partial charge is 0.394 e. The van der Waals surface area contributed by atoms with Gasteiger partial charge in [0.1, 0.15) is 6.07 Å². The normalized spacial score (nSPS) is 19.9. The fourth-order valence-electron chi connectivity index (χ4n) is 2.42. The van der Waals surface area contributed by atoms with Gasteiger partial charge in [-0.1, -0.05) is 0 Å². The molecule has 0 saturated heterocycles. The van der Waals surface area contributed by atoms with Gasteiger partial charge < -0.3 is 25.0 Å². The van der Waals surface area contributed by atoms with Gasteiger partial charge in [-0.25, -0.2) is 0 Å². The number of nitrogens with one attached hydrogen (secondary N) is 1. The summed E-state index contributed by atoms with van der Waals surface area (Å²) in [4.78, 5) is 0. The number of aliphatic hydroxyl groups is 2. The Morgan fingerprint density at radius 2 is 2.23 bits per heavy atom. The van der Waals surface area contributed by atoms with Crippen LogP contribution in [0.5, 0.6) is 0 Å². The van der Waals surface area contributed by atoms with Crippen molar-refractivity contribution < 1.29 is 19.7 Å². The van der Waals surface area contributed by atoms with Crippen LogP contribution in [-0.2, 0) is 9.47 Å². The van der Waals surface area contributed by atoms with Crippen molar-refractivity contribution in [2.24, 2.45) is 0 Å². The van der Waals surface area contributed by atoms with Crippen LogP contribution in [0.25, 0.3) is 0 Å². The summed E-state index contributed by atoms with van der Waals surface area (Å²) in [5.74, 6) is -1.68. The third-order valence-corrected chi connectivity index (χ3v) is 3.49. The lowest BCUT2D eigenvalue weighted by Crippen LogP contribution is -2.33. The SMILES string of the molecule is COCCCNC1=C/C(=C(/C#N)C(C)(O)OCCO)CCC1. The molecular formula is C16H26N2O4. The van der Waals surface area contributed by atoms with Crippen LogP contribution < -0.4 is 5.32 Å². The first-order valence-electron chi connectivity index (χ1n) is 7.59. The van der Waals surface area contributed by atoms with E-state index in [9.17, 15) is 10.4 Å². The average molecular weight is 310 g/mol. The van der Waals surface area contributed by atoms with Crippen molar-refractivity contribution in [3.05, 3.63) is 22.9 Å². The van der Waals surface area contributed by atoms with Crippen molar-refractivity contribution in [1.29, 1.82) is 5.26 Å². The average Bonchev–Trinajstić information content (AvgIpc) is 2.50. The number of methoxy groups -OCH3 is 1. The van der Waals surface area contributed by atoms with Crippen LogP contribution in [0.2, 0.25) is 0 Å². The zero-order valence-electron chi connectivity index (χ0n) is 13.4. The summed E-state index contributed by atoms with van der Waals surface area (Å²) in [6.45, 7) is 2.73. The van der Waals surface area contributed by atoms with Crippen LogP contribution in [0.1, 0.15) is 32.6 Å². The summed E-state index contributed by atoms with van der Waals surface area (Å²) in [7, 11) is 1.67. The highest BCUT2D eigenvalue weighted by molar-refractivity contribution is 5.41. The number of ether oxygens (including phenoxy) is 2. The van der Waals surface area contributed by atoms with Gasteiger partial charge in [-0.3, -0.25) is 0 Å². The Labute approximate surface area is 132 Å². The number of allylic oxidation sites excluding steroid dienone is 3. The van der Waals surface area contributed by atoms with Crippen LogP contribution in [-0.4, -0.2) is 49.5 Å². The maximum Gasteiger partial charge on any atom is 0.199 e. The number of rotatable bonds is 9. The smallest absolute Gasteiger partial charge is 0.199 e. The van der Waals surface area contributed by atoms with E-state index in [1.165, 1.54) is 6.92 Å². The van der Waals surface area contributed by atoms with E-state index in [1.807, 2.05) is 12.1 Å². The summed E-state index contributed by atoms with van der Waals surface area (Å²) in [6.07, 6.45) is 5.40. The second-order valence-corrected chi connectivity index (χ2v) is 5.36. The number of hydrogen-bond donors (Lipinski definition) is 3. The van der Waals surface area contributed by atoms with Crippen molar-refractivity contribution in [3.8, 4) is 6.07 Å². The highest BCUT2D eigenvalue weighted by Crippen LogP contribution is 2.29. The topological polar surface area (TPSA) is 94.7 Å². The zero-order valence-corrected chi connectivity index (χ0v) is 13.4. The molecular weight excluding hydrogens is 284 g/mol. The van der Waals surface area contributed by atoms with Crippen molar-refractivity contribution >= 4 is 0 Å². The highest BCUT2D eigenvalue weighted by Gasteiger charge is 2.30. The van der Waals surface area contributed by atoms with E-state index in [1.54, 1.807) is 7.11 Å². The number of hydrogen-bond acceptors (Lipinski definition) is 6. The predicted octanol–water partition coefficient (Wildman–Crippen LogP) is 1.22. The minimum atomic E-state index is -1.68. The number of nitriles is 1. The van der Waals surface area contributed by atoms with Crippen molar-refractivity contribution in [3.63, 3.8) is 0 Å². The fraction of sp³-hybridized carbons (Fsp3) is 0.688. The minimum absolute atomic E-state index is 0.0166. The quantitative estimate of drug-likeness (QED) is 0.337. The zero-order chi connectivity index (χ0) is 16.4. The molecule has 0 heterocycles. The third-order valence-electron chi connectivity index (χ3n) is 3.49. The van der Waals surface area contributed by atoms with Gasteiger partial charge in [0, 0.05) is 26.0 Å². The molecule has 0 bridgehead atoms. The Bertz CT molecular complexity index is 450. The maximum atomic E-state index is 10.3. The number of nitrogens with zero attached hydrogens (tertiary/aromatic N) is 1. The molecule has 0 radical (unpaired) electrons. The maximum absolute atomic E-state index is 10.3. The van der Waals surface area contributed by atoms with E-state index < -0.39 is 5.79 Å². The molecule has 1 rings (SSSR count). The molecule has 1 atom stereocenters. The molecule has 0 spiro atoms. The first-order chi connectivity index (χ1) is 10.5. The molecule has 0 saturated carbocycles. The minimum Gasteiger partial charge on any atom is -0.394 e. The molecule has 0 amide bonds. The van der Waals surface area contributed by atoms with Crippen LogP contribution in [0.3, 0.4) is 0 Å². The lowest BCUT2D eigenvalue weighted by Gasteiger charge is -2.26. The fourth-order valence-corrected chi connectivity index (χ4v) is 2.42. The van der Waals surface area contributed by atoms with E-state index >= 15 is 0 Å². The molecule has 1 unspecified atom stereocenters. The monoisotopic (exact) mass is 310 g/mol. The van der Waals surface area contributed by atoms with E-state index in [2.05, 4.69) is 5.32 Å². The summed E-state index contributed by atoms with van der Waals surface area (Å²) >= 11 is 0. The van der Waals surface area contributed by atoms with E-state index in [0.29, 0.717) is 6.61 Å². The van der Waals surface area contributed by atoms with Gasteiger partial charge >= 0.3 is 0 Å².